The van der Waals surface area contributed by atoms with E-state index in [1.54, 1.807) is 4.90 Å². The van der Waals surface area contributed by atoms with Gasteiger partial charge in [-0.2, -0.15) is 16.3 Å². The van der Waals surface area contributed by atoms with Crippen molar-refractivity contribution in [1.29, 1.82) is 0 Å². The van der Waals surface area contributed by atoms with Gasteiger partial charge in [-0.3, -0.25) is 4.79 Å². The van der Waals surface area contributed by atoms with Crippen molar-refractivity contribution < 1.29 is 9.32 Å². The summed E-state index contributed by atoms with van der Waals surface area (Å²) in [6.07, 6.45) is 3.50. The summed E-state index contributed by atoms with van der Waals surface area (Å²) in [7, 11) is 0. The van der Waals surface area contributed by atoms with Gasteiger partial charge in [0.25, 0.3) is 5.91 Å². The van der Waals surface area contributed by atoms with E-state index in [0.717, 1.165) is 24.3 Å². The number of thiophene rings is 1. The highest BCUT2D eigenvalue weighted by Gasteiger charge is 2.26. The molecule has 20 heavy (non-hydrogen) atoms. The van der Waals surface area contributed by atoms with E-state index in [4.69, 9.17) is 4.52 Å². The van der Waals surface area contributed by atoms with Gasteiger partial charge in [-0.25, -0.2) is 0 Å². The first kappa shape index (κ1) is 13.3. The van der Waals surface area contributed by atoms with Crippen LogP contribution in [0.5, 0.6) is 0 Å². The molecule has 1 fully saturated rings. The largest absolute Gasteiger partial charge is 0.339 e. The molecule has 5 nitrogen and oxygen atoms in total. The van der Waals surface area contributed by atoms with Gasteiger partial charge in [0, 0.05) is 17.8 Å². The molecule has 0 N–H and O–H groups in total. The molecule has 0 atom stereocenters. The maximum atomic E-state index is 12.3. The normalized spacial score (nSPS) is 15.1. The minimum atomic E-state index is 0.0174. The number of nitrogens with zero attached hydrogens (tertiary/aromatic N) is 3. The standard InChI is InChI=1S/C14H17N3O2S/c1-2-17(14(18)11-6-7-20-9-11)8-12-15-13(19-16-12)10-4-3-5-10/h6-7,9-10H,2-5,8H2,1H3. The molecule has 106 valence electrons. The fraction of sp³-hybridized carbons (Fsp3) is 0.500. The zero-order valence-corrected chi connectivity index (χ0v) is 12.2. The van der Waals surface area contributed by atoms with Gasteiger partial charge in [0.2, 0.25) is 5.89 Å². The van der Waals surface area contributed by atoms with Crippen LogP contribution in [-0.2, 0) is 6.54 Å². The molecule has 0 aliphatic heterocycles. The third-order valence-electron chi connectivity index (χ3n) is 3.71. The molecular weight excluding hydrogens is 274 g/mol. The minimum Gasteiger partial charge on any atom is -0.339 e. The van der Waals surface area contributed by atoms with Crippen LogP contribution in [0, 0.1) is 0 Å². The van der Waals surface area contributed by atoms with Crippen LogP contribution < -0.4 is 0 Å². The van der Waals surface area contributed by atoms with Gasteiger partial charge in [0.1, 0.15) is 0 Å². The predicted octanol–water partition coefficient (Wildman–Crippen LogP) is 3.06. The highest BCUT2D eigenvalue weighted by Crippen LogP contribution is 2.35. The average Bonchev–Trinajstić information content (AvgIpc) is 3.04. The lowest BCUT2D eigenvalue weighted by molar-refractivity contribution is 0.0748. The van der Waals surface area contributed by atoms with E-state index in [-0.39, 0.29) is 5.91 Å². The summed E-state index contributed by atoms with van der Waals surface area (Å²) in [5, 5.41) is 7.76. The third-order valence-corrected chi connectivity index (χ3v) is 4.39. The van der Waals surface area contributed by atoms with E-state index in [0.29, 0.717) is 24.8 Å². The van der Waals surface area contributed by atoms with E-state index in [2.05, 4.69) is 10.1 Å². The molecule has 1 aliphatic rings. The third kappa shape index (κ3) is 2.60. The maximum absolute atomic E-state index is 12.3. The average molecular weight is 291 g/mol. The van der Waals surface area contributed by atoms with Gasteiger partial charge in [-0.05, 0) is 31.2 Å². The van der Waals surface area contributed by atoms with Crippen molar-refractivity contribution in [2.24, 2.45) is 0 Å². The SMILES string of the molecule is CCN(Cc1noc(C2CCC2)n1)C(=O)c1ccsc1. The summed E-state index contributed by atoms with van der Waals surface area (Å²) in [5.41, 5.74) is 0.722. The zero-order chi connectivity index (χ0) is 13.9. The highest BCUT2D eigenvalue weighted by molar-refractivity contribution is 7.08. The predicted molar refractivity (Wildman–Crippen MR) is 75.6 cm³/mol. The monoisotopic (exact) mass is 291 g/mol. The van der Waals surface area contributed by atoms with Crippen molar-refractivity contribution >= 4 is 17.2 Å². The Bertz CT molecular complexity index is 575. The zero-order valence-electron chi connectivity index (χ0n) is 11.4. The number of hydrogen-bond acceptors (Lipinski definition) is 5. The van der Waals surface area contributed by atoms with E-state index >= 15 is 0 Å². The number of carbonyl (C=O) groups excluding carboxylic acids is 1. The molecule has 0 spiro atoms. The second kappa shape index (κ2) is 5.75. The fourth-order valence-corrected chi connectivity index (χ4v) is 2.85. The Balaban J connectivity index is 1.68. The van der Waals surface area contributed by atoms with Crippen molar-refractivity contribution in [2.75, 3.05) is 6.54 Å². The second-order valence-corrected chi connectivity index (χ2v) is 5.79. The molecule has 2 aromatic rings. The van der Waals surface area contributed by atoms with E-state index in [1.807, 2.05) is 23.8 Å². The molecule has 2 heterocycles. The Kier molecular flexibility index (Phi) is 3.82. The molecule has 2 aromatic heterocycles. The van der Waals surface area contributed by atoms with E-state index in [1.165, 1.54) is 17.8 Å². The van der Waals surface area contributed by atoms with Crippen LogP contribution in [0.25, 0.3) is 0 Å². The van der Waals surface area contributed by atoms with Crippen LogP contribution in [0.1, 0.15) is 54.2 Å². The second-order valence-electron chi connectivity index (χ2n) is 5.01. The Hall–Kier alpha value is -1.69. The molecule has 1 amide bonds. The summed E-state index contributed by atoms with van der Waals surface area (Å²) in [5.74, 6) is 1.77. The number of carbonyl (C=O) groups is 1. The van der Waals surface area contributed by atoms with Crippen molar-refractivity contribution in [1.82, 2.24) is 15.0 Å². The maximum Gasteiger partial charge on any atom is 0.255 e. The first-order valence-electron chi connectivity index (χ1n) is 6.92. The molecule has 0 saturated heterocycles. The van der Waals surface area contributed by atoms with Gasteiger partial charge >= 0.3 is 0 Å². The summed E-state index contributed by atoms with van der Waals surface area (Å²) in [6, 6.07) is 1.84. The lowest BCUT2D eigenvalue weighted by atomic mass is 9.85. The molecule has 0 unspecified atom stereocenters. The Labute approximate surface area is 121 Å². The Morgan fingerprint density at radius 1 is 1.55 bits per heavy atom. The summed E-state index contributed by atoms with van der Waals surface area (Å²) < 4.78 is 5.29. The summed E-state index contributed by atoms with van der Waals surface area (Å²) in [6.45, 7) is 2.99. The lowest BCUT2D eigenvalue weighted by Crippen LogP contribution is -2.30. The molecular formula is C14H17N3O2S. The summed E-state index contributed by atoms with van der Waals surface area (Å²) >= 11 is 1.52. The topological polar surface area (TPSA) is 59.2 Å². The molecule has 3 rings (SSSR count). The summed E-state index contributed by atoms with van der Waals surface area (Å²) in [4.78, 5) is 18.4. The van der Waals surface area contributed by atoms with Gasteiger partial charge in [0.15, 0.2) is 5.82 Å². The van der Waals surface area contributed by atoms with Crippen molar-refractivity contribution in [3.8, 4) is 0 Å². The van der Waals surface area contributed by atoms with Crippen molar-refractivity contribution in [2.45, 2.75) is 38.6 Å². The van der Waals surface area contributed by atoms with Crippen LogP contribution in [0.2, 0.25) is 0 Å². The fourth-order valence-electron chi connectivity index (χ4n) is 2.22. The van der Waals surface area contributed by atoms with Crippen LogP contribution in [0.15, 0.2) is 21.3 Å². The van der Waals surface area contributed by atoms with Crippen molar-refractivity contribution in [3.63, 3.8) is 0 Å². The number of aromatic nitrogens is 2. The lowest BCUT2D eigenvalue weighted by Gasteiger charge is -2.20. The minimum absolute atomic E-state index is 0.0174. The Morgan fingerprint density at radius 2 is 2.40 bits per heavy atom. The van der Waals surface area contributed by atoms with E-state index < -0.39 is 0 Å². The molecule has 1 aliphatic carbocycles. The smallest absolute Gasteiger partial charge is 0.255 e. The van der Waals surface area contributed by atoms with Crippen LogP contribution in [0.4, 0.5) is 0 Å². The van der Waals surface area contributed by atoms with Gasteiger partial charge in [-0.15, -0.1) is 0 Å². The Morgan fingerprint density at radius 3 is 3.00 bits per heavy atom. The first-order valence-corrected chi connectivity index (χ1v) is 7.86. The first-order chi connectivity index (χ1) is 9.78. The van der Waals surface area contributed by atoms with Crippen molar-refractivity contribution in [3.05, 3.63) is 34.1 Å². The molecule has 6 heteroatoms. The number of rotatable bonds is 5. The number of hydrogen-bond donors (Lipinski definition) is 0. The van der Waals surface area contributed by atoms with Crippen LogP contribution in [-0.4, -0.2) is 27.5 Å². The quantitative estimate of drug-likeness (QED) is 0.849. The molecule has 0 aromatic carbocycles. The van der Waals surface area contributed by atoms with Gasteiger partial charge in [0.05, 0.1) is 12.1 Å². The highest BCUT2D eigenvalue weighted by atomic mass is 32.1. The molecule has 0 bridgehead atoms. The number of amides is 1. The molecule has 0 radical (unpaired) electrons. The van der Waals surface area contributed by atoms with E-state index in [9.17, 15) is 4.79 Å². The van der Waals surface area contributed by atoms with Crippen LogP contribution in [0.3, 0.4) is 0 Å². The van der Waals surface area contributed by atoms with Gasteiger partial charge < -0.3 is 9.42 Å². The molecule has 1 saturated carbocycles. The van der Waals surface area contributed by atoms with Crippen LogP contribution >= 0.6 is 11.3 Å². The van der Waals surface area contributed by atoms with Gasteiger partial charge in [-0.1, -0.05) is 11.6 Å².